The number of carbonyl (C=O) groups excluding carboxylic acids is 1. The molecule has 0 unspecified atom stereocenters. The zero-order chi connectivity index (χ0) is 17.5. The minimum atomic E-state index is 0.105. The van der Waals surface area contributed by atoms with Gasteiger partial charge in [0.1, 0.15) is 5.75 Å². The molecule has 0 atom stereocenters. The number of morpholine rings is 1. The smallest absolute Gasteiger partial charge is 0.260 e. The summed E-state index contributed by atoms with van der Waals surface area (Å²) in [5.41, 5.74) is 1.14. The van der Waals surface area contributed by atoms with Gasteiger partial charge in [-0.2, -0.15) is 0 Å². The van der Waals surface area contributed by atoms with Gasteiger partial charge < -0.3 is 14.4 Å². The van der Waals surface area contributed by atoms with Crippen molar-refractivity contribution < 1.29 is 14.3 Å². The molecule has 138 valence electrons. The Morgan fingerprint density at radius 1 is 1.20 bits per heavy atom. The van der Waals surface area contributed by atoms with Gasteiger partial charge in [0.05, 0.1) is 13.2 Å². The van der Waals surface area contributed by atoms with Gasteiger partial charge in [-0.25, -0.2) is 0 Å². The average molecular weight is 346 g/mol. The standard InChI is InChI=1S/C20H30N2O3/c1-17-3-2-4-19(15-17)25-16-20(23)22-9-6-18(7-10-22)5-8-21-11-13-24-14-12-21/h2-4,15,18H,5-14,16H2,1H3. The van der Waals surface area contributed by atoms with Crippen molar-refractivity contribution in [3.05, 3.63) is 29.8 Å². The highest BCUT2D eigenvalue weighted by Crippen LogP contribution is 2.21. The normalized spacial score (nSPS) is 19.8. The molecule has 0 spiro atoms. The quantitative estimate of drug-likeness (QED) is 0.793. The third-order valence-electron chi connectivity index (χ3n) is 5.28. The first-order valence-electron chi connectivity index (χ1n) is 9.48. The Balaban J connectivity index is 1.34. The Kier molecular flexibility index (Phi) is 6.70. The van der Waals surface area contributed by atoms with Crippen molar-refractivity contribution in [2.45, 2.75) is 26.2 Å². The highest BCUT2D eigenvalue weighted by atomic mass is 16.5. The molecular weight excluding hydrogens is 316 g/mol. The number of likely N-dealkylation sites (tertiary alicyclic amines) is 1. The fourth-order valence-corrected chi connectivity index (χ4v) is 3.60. The summed E-state index contributed by atoms with van der Waals surface area (Å²) in [5.74, 6) is 1.62. The molecule has 2 heterocycles. The molecule has 1 amide bonds. The van der Waals surface area contributed by atoms with Crippen molar-refractivity contribution in [2.75, 3.05) is 52.5 Å². The molecule has 0 N–H and O–H groups in total. The van der Waals surface area contributed by atoms with E-state index in [0.717, 1.165) is 69.5 Å². The lowest BCUT2D eigenvalue weighted by Crippen LogP contribution is -2.42. The molecule has 25 heavy (non-hydrogen) atoms. The molecule has 3 rings (SSSR count). The Bertz CT molecular complexity index is 550. The molecule has 0 radical (unpaired) electrons. The number of rotatable bonds is 6. The second-order valence-corrected chi connectivity index (χ2v) is 7.17. The minimum absolute atomic E-state index is 0.105. The molecule has 1 aromatic rings. The summed E-state index contributed by atoms with van der Waals surface area (Å²) in [5, 5.41) is 0. The zero-order valence-electron chi connectivity index (χ0n) is 15.3. The molecule has 2 fully saturated rings. The van der Waals surface area contributed by atoms with E-state index in [1.807, 2.05) is 36.1 Å². The van der Waals surface area contributed by atoms with Crippen LogP contribution in [0.5, 0.6) is 5.75 Å². The minimum Gasteiger partial charge on any atom is -0.484 e. The number of piperidine rings is 1. The van der Waals surface area contributed by atoms with Crippen molar-refractivity contribution in [3.8, 4) is 5.75 Å². The Hall–Kier alpha value is -1.59. The third-order valence-corrected chi connectivity index (χ3v) is 5.28. The molecule has 0 bridgehead atoms. The largest absolute Gasteiger partial charge is 0.484 e. The summed E-state index contributed by atoms with van der Waals surface area (Å²) in [4.78, 5) is 16.8. The van der Waals surface area contributed by atoms with E-state index >= 15 is 0 Å². The fraction of sp³-hybridized carbons (Fsp3) is 0.650. The third kappa shape index (κ3) is 5.72. The van der Waals surface area contributed by atoms with Crippen LogP contribution in [0.2, 0.25) is 0 Å². The van der Waals surface area contributed by atoms with Crippen LogP contribution in [0.4, 0.5) is 0 Å². The van der Waals surface area contributed by atoms with Crippen LogP contribution in [-0.4, -0.2) is 68.3 Å². The van der Waals surface area contributed by atoms with E-state index in [-0.39, 0.29) is 12.5 Å². The monoisotopic (exact) mass is 346 g/mol. The van der Waals surface area contributed by atoms with E-state index in [1.54, 1.807) is 0 Å². The number of carbonyl (C=O) groups is 1. The number of hydrogen-bond acceptors (Lipinski definition) is 4. The van der Waals surface area contributed by atoms with Gasteiger partial charge in [0.25, 0.3) is 5.91 Å². The molecule has 0 aromatic heterocycles. The maximum absolute atomic E-state index is 12.3. The summed E-state index contributed by atoms with van der Waals surface area (Å²) in [6.07, 6.45) is 3.46. The van der Waals surface area contributed by atoms with Gasteiger partial charge in [0.15, 0.2) is 6.61 Å². The summed E-state index contributed by atoms with van der Waals surface area (Å²) >= 11 is 0. The molecular formula is C20H30N2O3. The highest BCUT2D eigenvalue weighted by Gasteiger charge is 2.23. The fourth-order valence-electron chi connectivity index (χ4n) is 3.60. The van der Waals surface area contributed by atoms with Crippen molar-refractivity contribution in [2.24, 2.45) is 5.92 Å². The number of amides is 1. The molecule has 1 aromatic carbocycles. The molecule has 5 nitrogen and oxygen atoms in total. The van der Waals surface area contributed by atoms with E-state index in [9.17, 15) is 4.79 Å². The number of benzene rings is 1. The maximum Gasteiger partial charge on any atom is 0.260 e. The summed E-state index contributed by atoms with van der Waals surface area (Å²) in [7, 11) is 0. The van der Waals surface area contributed by atoms with Gasteiger partial charge in [-0.3, -0.25) is 9.69 Å². The predicted octanol–water partition coefficient (Wildman–Crippen LogP) is 2.33. The van der Waals surface area contributed by atoms with E-state index in [2.05, 4.69) is 4.90 Å². The van der Waals surface area contributed by atoms with Crippen molar-refractivity contribution in [1.82, 2.24) is 9.80 Å². The Morgan fingerprint density at radius 3 is 2.68 bits per heavy atom. The number of aryl methyl sites for hydroxylation is 1. The Labute approximate surface area is 150 Å². The average Bonchev–Trinajstić information content (AvgIpc) is 2.66. The van der Waals surface area contributed by atoms with Crippen molar-refractivity contribution in [3.63, 3.8) is 0 Å². The SMILES string of the molecule is Cc1cccc(OCC(=O)N2CCC(CCN3CCOCC3)CC2)c1. The van der Waals surface area contributed by atoms with Crippen molar-refractivity contribution in [1.29, 1.82) is 0 Å². The maximum atomic E-state index is 12.3. The first kappa shape index (κ1) is 18.2. The van der Waals surface area contributed by atoms with E-state index < -0.39 is 0 Å². The van der Waals surface area contributed by atoms with Crippen LogP contribution in [-0.2, 0) is 9.53 Å². The van der Waals surface area contributed by atoms with Gasteiger partial charge in [0.2, 0.25) is 0 Å². The van der Waals surface area contributed by atoms with Crippen LogP contribution >= 0.6 is 0 Å². The van der Waals surface area contributed by atoms with E-state index in [0.29, 0.717) is 0 Å². The molecule has 2 saturated heterocycles. The van der Waals surface area contributed by atoms with E-state index in [4.69, 9.17) is 9.47 Å². The second-order valence-electron chi connectivity index (χ2n) is 7.17. The van der Waals surface area contributed by atoms with Crippen LogP contribution in [0.1, 0.15) is 24.8 Å². The topological polar surface area (TPSA) is 42.0 Å². The van der Waals surface area contributed by atoms with Gasteiger partial charge in [-0.15, -0.1) is 0 Å². The second kappa shape index (κ2) is 9.20. The molecule has 0 aliphatic carbocycles. The van der Waals surface area contributed by atoms with Gasteiger partial charge >= 0.3 is 0 Å². The number of ether oxygens (including phenoxy) is 2. The molecule has 0 saturated carbocycles. The molecule has 5 heteroatoms. The van der Waals surface area contributed by atoms with Gasteiger partial charge in [-0.1, -0.05) is 12.1 Å². The molecule has 2 aliphatic heterocycles. The highest BCUT2D eigenvalue weighted by molar-refractivity contribution is 5.77. The summed E-state index contributed by atoms with van der Waals surface area (Å²) < 4.78 is 11.0. The zero-order valence-corrected chi connectivity index (χ0v) is 15.3. The Morgan fingerprint density at radius 2 is 1.96 bits per heavy atom. The lowest BCUT2D eigenvalue weighted by molar-refractivity contribution is -0.134. The number of nitrogens with zero attached hydrogens (tertiary/aromatic N) is 2. The van der Waals surface area contributed by atoms with Crippen LogP contribution < -0.4 is 4.74 Å². The number of hydrogen-bond donors (Lipinski definition) is 0. The lowest BCUT2D eigenvalue weighted by atomic mass is 9.93. The van der Waals surface area contributed by atoms with Gasteiger partial charge in [0, 0.05) is 26.2 Å². The predicted molar refractivity (Wildman–Crippen MR) is 97.9 cm³/mol. The van der Waals surface area contributed by atoms with Crippen LogP contribution in [0.3, 0.4) is 0 Å². The van der Waals surface area contributed by atoms with Crippen LogP contribution in [0.25, 0.3) is 0 Å². The lowest BCUT2D eigenvalue weighted by Gasteiger charge is -2.34. The van der Waals surface area contributed by atoms with Crippen LogP contribution in [0, 0.1) is 12.8 Å². The summed E-state index contributed by atoms with van der Waals surface area (Å²) in [6.45, 7) is 8.92. The van der Waals surface area contributed by atoms with Crippen molar-refractivity contribution >= 4 is 5.91 Å². The first-order chi connectivity index (χ1) is 12.2. The molecule has 2 aliphatic rings. The van der Waals surface area contributed by atoms with Gasteiger partial charge in [-0.05, 0) is 56.3 Å². The van der Waals surface area contributed by atoms with E-state index in [1.165, 1.54) is 13.0 Å². The summed E-state index contributed by atoms with van der Waals surface area (Å²) in [6, 6.07) is 7.84. The first-order valence-corrected chi connectivity index (χ1v) is 9.48. The van der Waals surface area contributed by atoms with Crippen LogP contribution in [0.15, 0.2) is 24.3 Å².